The highest BCUT2D eigenvalue weighted by molar-refractivity contribution is 5.96. The third kappa shape index (κ3) is 4.96. The van der Waals surface area contributed by atoms with E-state index in [0.29, 0.717) is 43.3 Å². The zero-order valence-corrected chi connectivity index (χ0v) is 14.5. The summed E-state index contributed by atoms with van der Waals surface area (Å²) in [5, 5.41) is 6.12. The van der Waals surface area contributed by atoms with E-state index < -0.39 is 0 Å². The number of hydrogen-bond donors (Lipinski definition) is 2. The highest BCUT2D eigenvalue weighted by atomic mass is 16.5. The summed E-state index contributed by atoms with van der Waals surface area (Å²) in [6.07, 6.45) is 2.08. The van der Waals surface area contributed by atoms with E-state index in [4.69, 9.17) is 4.74 Å². The van der Waals surface area contributed by atoms with Crippen molar-refractivity contribution >= 4 is 11.8 Å². The van der Waals surface area contributed by atoms with Crippen LogP contribution >= 0.6 is 0 Å². The first-order chi connectivity index (χ1) is 11.6. The molecule has 0 bridgehead atoms. The molecule has 0 aliphatic carbocycles. The largest absolute Gasteiger partial charge is 0.493 e. The molecule has 1 heterocycles. The van der Waals surface area contributed by atoms with Crippen LogP contribution in [0, 0.1) is 0 Å². The Morgan fingerprint density at radius 3 is 2.88 bits per heavy atom. The Bertz CT molecular complexity index is 556. The number of carbonyl (C=O) groups is 2. The zero-order chi connectivity index (χ0) is 17.4. The second-order valence-corrected chi connectivity index (χ2v) is 5.94. The number of ether oxygens (including phenoxy) is 1. The van der Waals surface area contributed by atoms with Gasteiger partial charge in [0.05, 0.1) is 12.2 Å². The second-order valence-electron chi connectivity index (χ2n) is 5.94. The number of amides is 2. The highest BCUT2D eigenvalue weighted by Gasteiger charge is 2.22. The molecule has 1 aliphatic rings. The SMILES string of the molecule is CCOc1ccccc1C(=O)NCCCC(=O)N(C)C1CCNC1. The van der Waals surface area contributed by atoms with Gasteiger partial charge in [-0.3, -0.25) is 9.59 Å². The van der Waals surface area contributed by atoms with Crippen LogP contribution in [0.1, 0.15) is 36.5 Å². The second kappa shape index (κ2) is 9.27. The van der Waals surface area contributed by atoms with Crippen LogP contribution in [0.2, 0.25) is 0 Å². The number of nitrogens with one attached hydrogen (secondary N) is 2. The van der Waals surface area contributed by atoms with Crippen molar-refractivity contribution < 1.29 is 14.3 Å². The van der Waals surface area contributed by atoms with Gasteiger partial charge >= 0.3 is 0 Å². The smallest absolute Gasteiger partial charge is 0.255 e. The molecule has 132 valence electrons. The van der Waals surface area contributed by atoms with Gasteiger partial charge in [0.1, 0.15) is 5.75 Å². The van der Waals surface area contributed by atoms with Crippen molar-refractivity contribution in [3.8, 4) is 5.75 Å². The number of para-hydroxylation sites is 1. The van der Waals surface area contributed by atoms with Gasteiger partial charge in [-0.25, -0.2) is 0 Å². The first-order valence-corrected chi connectivity index (χ1v) is 8.60. The Balaban J connectivity index is 1.73. The average Bonchev–Trinajstić information content (AvgIpc) is 3.13. The van der Waals surface area contributed by atoms with Gasteiger partial charge < -0.3 is 20.3 Å². The molecular weight excluding hydrogens is 306 g/mol. The van der Waals surface area contributed by atoms with Crippen molar-refractivity contribution in [2.45, 2.75) is 32.2 Å². The molecule has 0 saturated carbocycles. The molecule has 2 amide bonds. The topological polar surface area (TPSA) is 70.7 Å². The molecule has 1 aliphatic heterocycles. The number of carbonyl (C=O) groups excluding carboxylic acids is 2. The molecule has 2 N–H and O–H groups in total. The van der Waals surface area contributed by atoms with Gasteiger partial charge in [0.15, 0.2) is 0 Å². The summed E-state index contributed by atoms with van der Waals surface area (Å²) >= 11 is 0. The summed E-state index contributed by atoms with van der Waals surface area (Å²) in [5.74, 6) is 0.551. The monoisotopic (exact) mass is 333 g/mol. The maximum absolute atomic E-state index is 12.2. The van der Waals surface area contributed by atoms with E-state index in [0.717, 1.165) is 19.5 Å². The maximum Gasteiger partial charge on any atom is 0.255 e. The predicted molar refractivity (Wildman–Crippen MR) is 93.2 cm³/mol. The van der Waals surface area contributed by atoms with Crippen molar-refractivity contribution in [1.82, 2.24) is 15.5 Å². The fraction of sp³-hybridized carbons (Fsp3) is 0.556. The van der Waals surface area contributed by atoms with Crippen molar-refractivity contribution in [2.75, 3.05) is 33.3 Å². The molecule has 1 fully saturated rings. The number of rotatable bonds is 8. The van der Waals surface area contributed by atoms with E-state index in [-0.39, 0.29) is 11.8 Å². The first-order valence-electron chi connectivity index (χ1n) is 8.60. The minimum atomic E-state index is -0.167. The number of hydrogen-bond acceptors (Lipinski definition) is 4. The van der Waals surface area contributed by atoms with Crippen LogP contribution in [0.5, 0.6) is 5.75 Å². The van der Waals surface area contributed by atoms with Crippen LogP contribution in [0.3, 0.4) is 0 Å². The van der Waals surface area contributed by atoms with Gasteiger partial charge in [-0.2, -0.15) is 0 Å². The number of nitrogens with zero attached hydrogens (tertiary/aromatic N) is 1. The lowest BCUT2D eigenvalue weighted by Crippen LogP contribution is -2.38. The fourth-order valence-corrected chi connectivity index (χ4v) is 2.82. The summed E-state index contributed by atoms with van der Waals surface area (Å²) in [6, 6.07) is 7.48. The molecule has 1 unspecified atom stereocenters. The van der Waals surface area contributed by atoms with Gasteiger partial charge in [-0.15, -0.1) is 0 Å². The molecule has 24 heavy (non-hydrogen) atoms. The summed E-state index contributed by atoms with van der Waals surface area (Å²) in [6.45, 7) is 4.71. The molecule has 1 aromatic rings. The van der Waals surface area contributed by atoms with Crippen LogP contribution in [0.25, 0.3) is 0 Å². The molecule has 6 nitrogen and oxygen atoms in total. The number of benzene rings is 1. The lowest BCUT2D eigenvalue weighted by Gasteiger charge is -2.23. The van der Waals surface area contributed by atoms with Gasteiger partial charge in [-0.1, -0.05) is 12.1 Å². The summed E-state index contributed by atoms with van der Waals surface area (Å²) in [7, 11) is 1.86. The third-order valence-corrected chi connectivity index (χ3v) is 4.26. The van der Waals surface area contributed by atoms with E-state index in [2.05, 4.69) is 10.6 Å². The van der Waals surface area contributed by atoms with E-state index >= 15 is 0 Å². The van der Waals surface area contributed by atoms with Crippen molar-refractivity contribution in [3.05, 3.63) is 29.8 Å². The minimum absolute atomic E-state index is 0.132. The van der Waals surface area contributed by atoms with Crippen molar-refractivity contribution in [2.24, 2.45) is 0 Å². The summed E-state index contributed by atoms with van der Waals surface area (Å²) in [5.41, 5.74) is 0.528. The Morgan fingerprint density at radius 2 is 2.17 bits per heavy atom. The molecule has 6 heteroatoms. The zero-order valence-electron chi connectivity index (χ0n) is 14.5. The lowest BCUT2D eigenvalue weighted by molar-refractivity contribution is -0.131. The molecule has 1 atom stereocenters. The van der Waals surface area contributed by atoms with E-state index in [1.165, 1.54) is 0 Å². The maximum atomic E-state index is 12.2. The number of likely N-dealkylation sites (N-methyl/N-ethyl adjacent to an activating group) is 1. The van der Waals surface area contributed by atoms with Gasteiger partial charge in [0, 0.05) is 32.6 Å². The summed E-state index contributed by atoms with van der Waals surface area (Å²) < 4.78 is 5.46. The predicted octanol–water partition coefficient (Wildman–Crippen LogP) is 1.42. The molecular formula is C18H27N3O3. The lowest BCUT2D eigenvalue weighted by atomic mass is 10.1. The van der Waals surface area contributed by atoms with E-state index in [9.17, 15) is 9.59 Å². The standard InChI is InChI=1S/C18H27N3O3/c1-3-24-16-8-5-4-7-15(16)18(23)20-11-6-9-17(22)21(2)14-10-12-19-13-14/h4-5,7-8,14,19H,3,6,9-13H2,1-2H3,(H,20,23). The van der Waals surface area contributed by atoms with Crippen LogP contribution < -0.4 is 15.4 Å². The minimum Gasteiger partial charge on any atom is -0.493 e. The fourth-order valence-electron chi connectivity index (χ4n) is 2.82. The summed E-state index contributed by atoms with van der Waals surface area (Å²) in [4.78, 5) is 26.2. The van der Waals surface area contributed by atoms with E-state index in [1.54, 1.807) is 12.1 Å². The molecule has 0 aromatic heterocycles. The van der Waals surface area contributed by atoms with Crippen molar-refractivity contribution in [3.63, 3.8) is 0 Å². The third-order valence-electron chi connectivity index (χ3n) is 4.26. The Morgan fingerprint density at radius 1 is 1.38 bits per heavy atom. The Labute approximate surface area is 143 Å². The van der Waals surface area contributed by atoms with Crippen molar-refractivity contribution in [1.29, 1.82) is 0 Å². The quantitative estimate of drug-likeness (QED) is 0.706. The average molecular weight is 333 g/mol. The van der Waals surface area contributed by atoms with Gasteiger partial charge in [-0.05, 0) is 38.4 Å². The van der Waals surface area contributed by atoms with Crippen LogP contribution in [0.4, 0.5) is 0 Å². The molecule has 1 saturated heterocycles. The molecule has 0 radical (unpaired) electrons. The van der Waals surface area contributed by atoms with Gasteiger partial charge in [0.2, 0.25) is 5.91 Å². The Kier molecular flexibility index (Phi) is 7.06. The Hall–Kier alpha value is -2.08. The normalized spacial score (nSPS) is 16.7. The van der Waals surface area contributed by atoms with Gasteiger partial charge in [0.25, 0.3) is 5.91 Å². The van der Waals surface area contributed by atoms with Crippen LogP contribution in [-0.2, 0) is 4.79 Å². The van der Waals surface area contributed by atoms with E-state index in [1.807, 2.05) is 31.0 Å². The molecule has 1 aromatic carbocycles. The molecule has 0 spiro atoms. The highest BCUT2D eigenvalue weighted by Crippen LogP contribution is 2.17. The van der Waals surface area contributed by atoms with Crippen LogP contribution in [0.15, 0.2) is 24.3 Å². The van der Waals surface area contributed by atoms with Crippen LogP contribution in [-0.4, -0.2) is 56.0 Å². The first kappa shape index (κ1) is 18.3. The molecule has 2 rings (SSSR count).